The summed E-state index contributed by atoms with van der Waals surface area (Å²) in [5, 5.41) is 4.73. The van der Waals surface area contributed by atoms with Crippen LogP contribution in [0.2, 0.25) is 0 Å². The Morgan fingerprint density at radius 2 is 2.00 bits per heavy atom. The zero-order valence-corrected chi connectivity index (χ0v) is 13.6. The lowest BCUT2D eigenvalue weighted by Gasteiger charge is -2.35. The number of rotatable bonds is 3. The summed E-state index contributed by atoms with van der Waals surface area (Å²) in [5.74, 6) is 1.19. The summed E-state index contributed by atoms with van der Waals surface area (Å²) in [6.45, 7) is 12.3. The molecule has 0 spiro atoms. The van der Waals surface area contributed by atoms with Gasteiger partial charge in [-0.2, -0.15) is 11.8 Å². The summed E-state index contributed by atoms with van der Waals surface area (Å²) in [6.07, 6.45) is 3.39. The van der Waals surface area contributed by atoms with Gasteiger partial charge in [0, 0.05) is 16.5 Å². The van der Waals surface area contributed by atoms with Gasteiger partial charge in [-0.3, -0.25) is 4.99 Å². The highest BCUT2D eigenvalue weighted by Crippen LogP contribution is 2.28. The molecule has 1 fully saturated rings. The van der Waals surface area contributed by atoms with Gasteiger partial charge in [-0.15, -0.1) is 0 Å². The van der Waals surface area contributed by atoms with Crippen LogP contribution >= 0.6 is 23.5 Å². The summed E-state index contributed by atoms with van der Waals surface area (Å²) in [5.41, 5.74) is 0.316. The molecule has 1 unspecified atom stereocenters. The Morgan fingerprint density at radius 1 is 1.35 bits per heavy atom. The van der Waals surface area contributed by atoms with Gasteiger partial charge < -0.3 is 5.32 Å². The van der Waals surface area contributed by atoms with E-state index in [4.69, 9.17) is 4.99 Å². The molecule has 0 aromatic heterocycles. The molecule has 1 rings (SSSR count). The van der Waals surface area contributed by atoms with E-state index in [2.05, 4.69) is 46.2 Å². The van der Waals surface area contributed by atoms with Crippen LogP contribution in [-0.2, 0) is 0 Å². The second-order valence-corrected chi connectivity index (χ2v) is 8.88. The number of amidine groups is 1. The van der Waals surface area contributed by atoms with Crippen LogP contribution in [-0.4, -0.2) is 34.5 Å². The molecule has 0 bridgehead atoms. The Balaban J connectivity index is 2.58. The number of nitrogens with zero attached hydrogens (tertiary/aromatic N) is 1. The molecule has 100 valence electrons. The number of nitrogens with one attached hydrogen (secondary N) is 1. The molecule has 2 nitrogen and oxygen atoms in total. The molecule has 0 aromatic carbocycles. The molecular formula is C13H26N2S2. The van der Waals surface area contributed by atoms with E-state index >= 15 is 0 Å². The van der Waals surface area contributed by atoms with Crippen molar-refractivity contribution in [2.24, 2.45) is 10.4 Å². The van der Waals surface area contributed by atoms with Crippen LogP contribution in [0.4, 0.5) is 0 Å². The Hall–Kier alpha value is 0.170. The maximum absolute atomic E-state index is 4.74. The first-order chi connectivity index (χ1) is 7.74. The van der Waals surface area contributed by atoms with Gasteiger partial charge in [-0.1, -0.05) is 32.5 Å². The van der Waals surface area contributed by atoms with E-state index < -0.39 is 0 Å². The second kappa shape index (κ2) is 5.87. The van der Waals surface area contributed by atoms with Gasteiger partial charge in [0.05, 0.1) is 6.54 Å². The largest absolute Gasteiger partial charge is 0.362 e. The fraction of sp³-hybridized carbons (Fsp3) is 0.923. The minimum atomic E-state index is 0.240. The van der Waals surface area contributed by atoms with Crippen LogP contribution < -0.4 is 5.32 Å². The van der Waals surface area contributed by atoms with Gasteiger partial charge in [0.1, 0.15) is 0 Å². The molecule has 17 heavy (non-hydrogen) atoms. The third-order valence-electron chi connectivity index (χ3n) is 3.14. The van der Waals surface area contributed by atoms with Gasteiger partial charge in [-0.25, -0.2) is 0 Å². The average Bonchev–Trinajstić information content (AvgIpc) is 2.26. The predicted molar refractivity (Wildman–Crippen MR) is 83.3 cm³/mol. The van der Waals surface area contributed by atoms with Crippen molar-refractivity contribution in [1.82, 2.24) is 5.32 Å². The second-order valence-electron chi connectivity index (χ2n) is 6.29. The molecule has 0 saturated carbocycles. The number of hydrogen-bond donors (Lipinski definition) is 1. The third kappa shape index (κ3) is 5.12. The van der Waals surface area contributed by atoms with Gasteiger partial charge in [0.25, 0.3) is 0 Å². The predicted octanol–water partition coefficient (Wildman–Crippen LogP) is 3.63. The van der Waals surface area contributed by atoms with Crippen LogP contribution in [0, 0.1) is 5.41 Å². The molecule has 1 atom stereocenters. The first kappa shape index (κ1) is 15.2. The average molecular weight is 274 g/mol. The molecule has 1 saturated heterocycles. The summed E-state index contributed by atoms with van der Waals surface area (Å²) in [7, 11) is 0. The molecule has 0 aliphatic carbocycles. The Kier molecular flexibility index (Phi) is 5.26. The van der Waals surface area contributed by atoms with E-state index in [0.717, 1.165) is 11.7 Å². The Morgan fingerprint density at radius 3 is 2.53 bits per heavy atom. The van der Waals surface area contributed by atoms with Gasteiger partial charge >= 0.3 is 0 Å². The number of aliphatic imine (C=N–C) groups is 1. The van der Waals surface area contributed by atoms with Crippen LogP contribution in [0.15, 0.2) is 4.99 Å². The van der Waals surface area contributed by atoms with Gasteiger partial charge in [-0.05, 0) is 31.9 Å². The van der Waals surface area contributed by atoms with E-state index in [1.807, 2.05) is 23.5 Å². The Bertz CT molecular complexity index is 280. The topological polar surface area (TPSA) is 24.4 Å². The van der Waals surface area contributed by atoms with Gasteiger partial charge in [0.15, 0.2) is 5.17 Å². The van der Waals surface area contributed by atoms with Crippen LogP contribution in [0.1, 0.15) is 41.0 Å². The zero-order valence-electron chi connectivity index (χ0n) is 12.0. The van der Waals surface area contributed by atoms with Gasteiger partial charge in [0.2, 0.25) is 0 Å². The van der Waals surface area contributed by atoms with Crippen molar-refractivity contribution < 1.29 is 0 Å². The SMILES string of the molecule is CSC(C)(C)CN=C1NC(C(C)(C)C)CCS1. The number of thioether (sulfide) groups is 2. The fourth-order valence-corrected chi connectivity index (χ4v) is 2.73. The highest BCUT2D eigenvalue weighted by Gasteiger charge is 2.28. The van der Waals surface area contributed by atoms with Crippen LogP contribution in [0.5, 0.6) is 0 Å². The van der Waals surface area contributed by atoms with Crippen molar-refractivity contribution in [3.63, 3.8) is 0 Å². The van der Waals surface area contributed by atoms with Crippen molar-refractivity contribution in [3.05, 3.63) is 0 Å². The molecule has 0 aromatic rings. The standard InChI is InChI=1S/C13H26N2S2/c1-12(2,3)10-7-8-17-11(15-10)14-9-13(4,5)16-6/h10H,7-9H2,1-6H3,(H,14,15). The molecule has 0 radical (unpaired) electrons. The third-order valence-corrected chi connectivity index (χ3v) is 5.34. The molecule has 1 heterocycles. The lowest BCUT2D eigenvalue weighted by molar-refractivity contribution is 0.290. The quantitative estimate of drug-likeness (QED) is 0.850. The van der Waals surface area contributed by atoms with Crippen molar-refractivity contribution in [2.45, 2.75) is 51.8 Å². The molecule has 0 amide bonds. The maximum Gasteiger partial charge on any atom is 0.156 e. The minimum absolute atomic E-state index is 0.240. The lowest BCUT2D eigenvalue weighted by atomic mass is 9.85. The first-order valence-electron chi connectivity index (χ1n) is 6.23. The lowest BCUT2D eigenvalue weighted by Crippen LogP contribution is -2.46. The van der Waals surface area contributed by atoms with Crippen LogP contribution in [0.3, 0.4) is 0 Å². The molecule has 4 heteroatoms. The molecule has 1 N–H and O–H groups in total. The summed E-state index contributed by atoms with van der Waals surface area (Å²) < 4.78 is 0.240. The van der Waals surface area contributed by atoms with E-state index in [1.54, 1.807) is 0 Å². The molecule has 1 aliphatic heterocycles. The highest BCUT2D eigenvalue weighted by atomic mass is 32.2. The molecular weight excluding hydrogens is 248 g/mol. The molecule has 1 aliphatic rings. The van der Waals surface area contributed by atoms with Crippen molar-refractivity contribution >= 4 is 28.7 Å². The van der Waals surface area contributed by atoms with E-state index in [-0.39, 0.29) is 4.75 Å². The van der Waals surface area contributed by atoms with E-state index in [0.29, 0.717) is 11.5 Å². The summed E-state index contributed by atoms with van der Waals surface area (Å²) in [4.78, 5) is 4.74. The van der Waals surface area contributed by atoms with E-state index in [1.165, 1.54) is 12.2 Å². The van der Waals surface area contributed by atoms with Crippen LogP contribution in [0.25, 0.3) is 0 Å². The summed E-state index contributed by atoms with van der Waals surface area (Å²) >= 11 is 3.74. The highest BCUT2D eigenvalue weighted by molar-refractivity contribution is 8.13. The maximum atomic E-state index is 4.74. The van der Waals surface area contributed by atoms with E-state index in [9.17, 15) is 0 Å². The summed E-state index contributed by atoms with van der Waals surface area (Å²) in [6, 6.07) is 0.555. The first-order valence-corrected chi connectivity index (χ1v) is 8.44. The van der Waals surface area contributed by atoms with Crippen molar-refractivity contribution in [2.75, 3.05) is 18.6 Å². The monoisotopic (exact) mass is 274 g/mol. The normalized spacial score (nSPS) is 24.8. The van der Waals surface area contributed by atoms with Crippen molar-refractivity contribution in [3.8, 4) is 0 Å². The Labute approximate surface area is 115 Å². The number of hydrogen-bond acceptors (Lipinski definition) is 3. The minimum Gasteiger partial charge on any atom is -0.362 e. The smallest absolute Gasteiger partial charge is 0.156 e. The fourth-order valence-electron chi connectivity index (χ4n) is 1.60. The van der Waals surface area contributed by atoms with Crippen molar-refractivity contribution in [1.29, 1.82) is 0 Å². The zero-order chi connectivity index (χ0) is 13.1.